The molecule has 0 saturated heterocycles. The number of carbonyl (C=O) groups is 3. The zero-order valence-electron chi connectivity index (χ0n) is 15.4. The van der Waals surface area contributed by atoms with Gasteiger partial charge in [0.25, 0.3) is 0 Å². The number of carbonyl (C=O) groups excluding carboxylic acids is 3. The minimum absolute atomic E-state index is 0.0610. The van der Waals surface area contributed by atoms with Gasteiger partial charge in [0, 0.05) is 11.6 Å². The van der Waals surface area contributed by atoms with Crippen LogP contribution < -0.4 is 10.6 Å². The van der Waals surface area contributed by atoms with Gasteiger partial charge in [-0.05, 0) is 17.2 Å². The van der Waals surface area contributed by atoms with Crippen LogP contribution in [0.3, 0.4) is 0 Å². The third-order valence-electron chi connectivity index (χ3n) is 4.85. The number of urea groups is 1. The van der Waals surface area contributed by atoms with Crippen molar-refractivity contribution in [3.05, 3.63) is 82.0 Å². The molecule has 2 aliphatic heterocycles. The lowest BCUT2D eigenvalue weighted by atomic mass is 9.95. The van der Waals surface area contributed by atoms with Crippen LogP contribution in [0.15, 0.2) is 65.9 Å². The molecule has 0 unspecified atom stereocenters. The summed E-state index contributed by atoms with van der Waals surface area (Å²) in [7, 11) is 0. The third kappa shape index (κ3) is 3.82. The molecule has 2 N–H and O–H groups in total. The van der Waals surface area contributed by atoms with Gasteiger partial charge in [-0.15, -0.1) is 0 Å². The van der Waals surface area contributed by atoms with E-state index in [1.807, 2.05) is 30.3 Å². The van der Waals surface area contributed by atoms with Crippen molar-refractivity contribution in [2.75, 3.05) is 13.2 Å². The monoisotopic (exact) mass is 411 g/mol. The van der Waals surface area contributed by atoms with Gasteiger partial charge < -0.3 is 15.4 Å². The Morgan fingerprint density at radius 1 is 1.14 bits per heavy atom. The van der Waals surface area contributed by atoms with E-state index in [-0.39, 0.29) is 19.1 Å². The van der Waals surface area contributed by atoms with E-state index in [9.17, 15) is 14.4 Å². The molecular formula is C21H18ClN3O4. The molecule has 2 aliphatic rings. The maximum atomic E-state index is 12.7. The number of rotatable bonds is 5. The molecule has 0 radical (unpaired) electrons. The molecule has 4 rings (SSSR count). The van der Waals surface area contributed by atoms with Crippen LogP contribution in [0, 0.1) is 0 Å². The summed E-state index contributed by atoms with van der Waals surface area (Å²) in [5.74, 6) is -0.869. The summed E-state index contributed by atoms with van der Waals surface area (Å²) in [5, 5.41) is 5.98. The number of halogens is 1. The van der Waals surface area contributed by atoms with Crippen LogP contribution in [0.1, 0.15) is 17.2 Å². The second-order valence-corrected chi connectivity index (χ2v) is 7.10. The van der Waals surface area contributed by atoms with Crippen LogP contribution in [0.5, 0.6) is 0 Å². The molecular weight excluding hydrogens is 394 g/mol. The Labute approximate surface area is 172 Å². The van der Waals surface area contributed by atoms with Crippen molar-refractivity contribution >= 4 is 29.5 Å². The van der Waals surface area contributed by atoms with Crippen molar-refractivity contribution < 1.29 is 19.1 Å². The molecule has 7 nitrogen and oxygen atoms in total. The summed E-state index contributed by atoms with van der Waals surface area (Å²) in [5.41, 5.74) is 2.23. The van der Waals surface area contributed by atoms with Gasteiger partial charge in [0.05, 0.1) is 17.3 Å². The Morgan fingerprint density at radius 2 is 1.86 bits per heavy atom. The number of cyclic esters (lactones) is 1. The average molecular weight is 412 g/mol. The van der Waals surface area contributed by atoms with Crippen molar-refractivity contribution in [3.63, 3.8) is 0 Å². The van der Waals surface area contributed by atoms with Crippen molar-refractivity contribution in [3.8, 4) is 0 Å². The fourth-order valence-corrected chi connectivity index (χ4v) is 3.66. The number of hydrogen-bond donors (Lipinski definition) is 2. The molecule has 29 heavy (non-hydrogen) atoms. The summed E-state index contributed by atoms with van der Waals surface area (Å²) in [6.07, 6.45) is 0. The maximum absolute atomic E-state index is 12.7. The van der Waals surface area contributed by atoms with Crippen LogP contribution in [0.25, 0.3) is 0 Å². The fourth-order valence-electron chi connectivity index (χ4n) is 3.42. The largest absolute Gasteiger partial charge is 0.456 e. The molecule has 8 heteroatoms. The highest BCUT2D eigenvalue weighted by Crippen LogP contribution is 2.37. The standard InChI is InChI=1S/C21H18ClN3O4/c22-15-9-5-4-8-14(15)19-18-16(12-29-20(18)27)25(21(28)24-19)11-17(26)23-10-13-6-2-1-3-7-13/h1-9,19H,10-12H2,(H,23,26)(H,24,28)/t19-/m1/s1. The number of amides is 3. The quantitative estimate of drug-likeness (QED) is 0.740. The van der Waals surface area contributed by atoms with Crippen LogP contribution in [-0.4, -0.2) is 36.0 Å². The zero-order valence-corrected chi connectivity index (χ0v) is 16.1. The van der Waals surface area contributed by atoms with Crippen LogP contribution in [0.2, 0.25) is 5.02 Å². The van der Waals surface area contributed by atoms with Crippen molar-refractivity contribution in [2.24, 2.45) is 0 Å². The molecule has 0 bridgehead atoms. The highest BCUT2D eigenvalue weighted by atomic mass is 35.5. The number of ether oxygens (including phenoxy) is 1. The predicted molar refractivity (Wildman–Crippen MR) is 106 cm³/mol. The fraction of sp³-hybridized carbons (Fsp3) is 0.190. The number of nitrogens with one attached hydrogen (secondary N) is 2. The van der Waals surface area contributed by atoms with E-state index in [0.29, 0.717) is 28.4 Å². The minimum Gasteiger partial charge on any atom is -0.456 e. The Morgan fingerprint density at radius 3 is 2.62 bits per heavy atom. The molecule has 0 aliphatic carbocycles. The second kappa shape index (κ2) is 7.97. The number of esters is 1. The molecule has 0 spiro atoms. The van der Waals surface area contributed by atoms with Gasteiger partial charge in [-0.3, -0.25) is 9.69 Å². The van der Waals surface area contributed by atoms with E-state index in [2.05, 4.69) is 10.6 Å². The van der Waals surface area contributed by atoms with Crippen molar-refractivity contribution in [2.45, 2.75) is 12.6 Å². The lowest BCUT2D eigenvalue weighted by Crippen LogP contribution is -2.50. The predicted octanol–water partition coefficient (Wildman–Crippen LogP) is 2.53. The molecule has 0 aromatic heterocycles. The molecule has 148 valence electrons. The summed E-state index contributed by atoms with van der Waals surface area (Å²) in [4.78, 5) is 38.7. The summed E-state index contributed by atoms with van der Waals surface area (Å²) < 4.78 is 5.16. The van der Waals surface area contributed by atoms with Gasteiger partial charge in [0.1, 0.15) is 13.2 Å². The van der Waals surface area contributed by atoms with Gasteiger partial charge in [-0.2, -0.15) is 0 Å². The first kappa shape index (κ1) is 19.0. The topological polar surface area (TPSA) is 87.7 Å². The first-order valence-electron chi connectivity index (χ1n) is 9.08. The SMILES string of the molecule is O=C(CN1C(=O)N[C@H](c2ccccc2Cl)C2=C1COC2=O)NCc1ccccc1. The molecule has 0 saturated carbocycles. The smallest absolute Gasteiger partial charge is 0.338 e. The van der Waals surface area contributed by atoms with E-state index in [4.69, 9.17) is 16.3 Å². The first-order chi connectivity index (χ1) is 14.0. The number of benzene rings is 2. The molecule has 1 atom stereocenters. The Kier molecular flexibility index (Phi) is 5.22. The summed E-state index contributed by atoms with van der Waals surface area (Å²) in [6.45, 7) is 0.0661. The lowest BCUT2D eigenvalue weighted by Gasteiger charge is -2.32. The van der Waals surface area contributed by atoms with E-state index >= 15 is 0 Å². The molecule has 2 aromatic rings. The highest BCUT2D eigenvalue weighted by molar-refractivity contribution is 6.31. The third-order valence-corrected chi connectivity index (χ3v) is 5.19. The van der Waals surface area contributed by atoms with Gasteiger partial charge in [0.15, 0.2) is 0 Å². The Hall–Kier alpha value is -3.32. The van der Waals surface area contributed by atoms with E-state index in [1.165, 1.54) is 4.90 Å². The molecule has 3 amide bonds. The van der Waals surface area contributed by atoms with Crippen molar-refractivity contribution in [1.82, 2.24) is 15.5 Å². The van der Waals surface area contributed by atoms with Crippen LogP contribution >= 0.6 is 11.6 Å². The maximum Gasteiger partial charge on any atom is 0.338 e. The highest BCUT2D eigenvalue weighted by Gasteiger charge is 2.43. The minimum atomic E-state index is -0.718. The average Bonchev–Trinajstić information content (AvgIpc) is 3.11. The van der Waals surface area contributed by atoms with Crippen LogP contribution in [-0.2, 0) is 20.9 Å². The normalized spacial score (nSPS) is 18.2. The van der Waals surface area contributed by atoms with E-state index in [1.54, 1.807) is 24.3 Å². The second-order valence-electron chi connectivity index (χ2n) is 6.69. The van der Waals surface area contributed by atoms with Crippen molar-refractivity contribution in [1.29, 1.82) is 0 Å². The number of hydrogen-bond acceptors (Lipinski definition) is 4. The Balaban J connectivity index is 1.55. The molecule has 2 aromatic carbocycles. The van der Waals surface area contributed by atoms with Gasteiger partial charge in [0.2, 0.25) is 5.91 Å². The van der Waals surface area contributed by atoms with Gasteiger partial charge >= 0.3 is 12.0 Å². The Bertz CT molecular complexity index is 1010. The van der Waals surface area contributed by atoms with Gasteiger partial charge in [-0.1, -0.05) is 60.1 Å². The zero-order chi connectivity index (χ0) is 20.4. The molecule has 2 heterocycles. The van der Waals surface area contributed by atoms with E-state index in [0.717, 1.165) is 5.56 Å². The van der Waals surface area contributed by atoms with Crippen LogP contribution in [0.4, 0.5) is 4.79 Å². The van der Waals surface area contributed by atoms with E-state index < -0.39 is 18.0 Å². The number of nitrogens with zero attached hydrogens (tertiary/aromatic N) is 1. The summed E-state index contributed by atoms with van der Waals surface area (Å²) >= 11 is 6.26. The lowest BCUT2D eigenvalue weighted by molar-refractivity contribution is -0.136. The summed E-state index contributed by atoms with van der Waals surface area (Å²) in [6, 6.07) is 15.2. The first-order valence-corrected chi connectivity index (χ1v) is 9.45. The van der Waals surface area contributed by atoms with Gasteiger partial charge in [-0.25, -0.2) is 9.59 Å². The molecule has 0 fully saturated rings.